The van der Waals surface area contributed by atoms with E-state index in [4.69, 9.17) is 5.26 Å². The number of rotatable bonds is 4. The monoisotopic (exact) mass is 332 g/mol. The summed E-state index contributed by atoms with van der Waals surface area (Å²) in [6, 6.07) is 12.0. The summed E-state index contributed by atoms with van der Waals surface area (Å²) in [7, 11) is 0. The SMILES string of the molecule is N#Cc1cccc(CN2Cc3nccn3C[C@@H](Cn3cccn3)C2)c1. The minimum absolute atomic E-state index is 0.453. The van der Waals surface area contributed by atoms with E-state index in [1.165, 1.54) is 0 Å². The van der Waals surface area contributed by atoms with Crippen molar-refractivity contribution in [3.8, 4) is 6.07 Å². The third-order valence-corrected chi connectivity index (χ3v) is 4.60. The van der Waals surface area contributed by atoms with Crippen LogP contribution in [0.3, 0.4) is 0 Å². The predicted molar refractivity (Wildman–Crippen MR) is 93.2 cm³/mol. The van der Waals surface area contributed by atoms with Gasteiger partial charge in [0.05, 0.1) is 18.2 Å². The molecule has 1 aromatic carbocycles. The van der Waals surface area contributed by atoms with Crippen molar-refractivity contribution in [2.75, 3.05) is 6.54 Å². The molecule has 0 radical (unpaired) electrons. The first kappa shape index (κ1) is 15.6. The molecular formula is C19H20N6. The van der Waals surface area contributed by atoms with Gasteiger partial charge >= 0.3 is 0 Å². The molecule has 0 unspecified atom stereocenters. The fourth-order valence-electron chi connectivity index (χ4n) is 3.53. The molecule has 0 amide bonds. The molecule has 0 fully saturated rings. The summed E-state index contributed by atoms with van der Waals surface area (Å²) in [6.07, 6.45) is 7.77. The Morgan fingerprint density at radius 1 is 1.16 bits per heavy atom. The van der Waals surface area contributed by atoms with Crippen LogP contribution in [0.4, 0.5) is 0 Å². The van der Waals surface area contributed by atoms with Gasteiger partial charge in [0.15, 0.2) is 0 Å². The van der Waals surface area contributed by atoms with E-state index >= 15 is 0 Å². The number of imidazole rings is 1. The smallest absolute Gasteiger partial charge is 0.122 e. The zero-order valence-electron chi connectivity index (χ0n) is 14.0. The van der Waals surface area contributed by atoms with E-state index in [0.29, 0.717) is 11.5 Å². The second kappa shape index (κ2) is 6.91. The molecule has 1 aliphatic heterocycles. The Bertz CT molecular complexity index is 873. The number of aromatic nitrogens is 4. The van der Waals surface area contributed by atoms with Crippen molar-refractivity contribution in [1.82, 2.24) is 24.2 Å². The lowest BCUT2D eigenvalue weighted by Gasteiger charge is -2.24. The molecule has 25 heavy (non-hydrogen) atoms. The van der Waals surface area contributed by atoms with Gasteiger partial charge in [-0.2, -0.15) is 10.4 Å². The maximum absolute atomic E-state index is 9.11. The molecule has 1 atom stereocenters. The highest BCUT2D eigenvalue weighted by atomic mass is 15.3. The van der Waals surface area contributed by atoms with Crippen LogP contribution in [0, 0.1) is 17.2 Å². The lowest BCUT2D eigenvalue weighted by molar-refractivity contribution is 0.205. The van der Waals surface area contributed by atoms with Gasteiger partial charge in [0, 0.05) is 56.9 Å². The number of hydrogen-bond acceptors (Lipinski definition) is 4. The summed E-state index contributed by atoms with van der Waals surface area (Å²) in [5, 5.41) is 13.5. The Kier molecular flexibility index (Phi) is 4.32. The van der Waals surface area contributed by atoms with Crippen molar-refractivity contribution >= 4 is 0 Å². The Balaban J connectivity index is 1.55. The molecule has 4 rings (SSSR count). The van der Waals surface area contributed by atoms with Gasteiger partial charge < -0.3 is 4.57 Å². The van der Waals surface area contributed by atoms with Gasteiger partial charge in [0.1, 0.15) is 5.82 Å². The lowest BCUT2D eigenvalue weighted by Crippen LogP contribution is -2.30. The molecule has 1 aliphatic rings. The second-order valence-electron chi connectivity index (χ2n) is 6.57. The van der Waals surface area contributed by atoms with Crippen molar-refractivity contribution in [3.63, 3.8) is 0 Å². The number of nitriles is 1. The van der Waals surface area contributed by atoms with E-state index in [1.807, 2.05) is 47.5 Å². The number of hydrogen-bond donors (Lipinski definition) is 0. The van der Waals surface area contributed by atoms with Gasteiger partial charge in [-0.15, -0.1) is 0 Å². The van der Waals surface area contributed by atoms with E-state index < -0.39 is 0 Å². The minimum Gasteiger partial charge on any atom is -0.333 e. The van der Waals surface area contributed by atoms with Gasteiger partial charge in [-0.25, -0.2) is 4.98 Å². The molecule has 6 nitrogen and oxygen atoms in total. The number of benzene rings is 1. The van der Waals surface area contributed by atoms with Gasteiger partial charge in [0.25, 0.3) is 0 Å². The Labute approximate surface area is 146 Å². The zero-order chi connectivity index (χ0) is 17.1. The molecule has 2 aromatic heterocycles. The first-order valence-electron chi connectivity index (χ1n) is 8.49. The molecule has 0 saturated carbocycles. The van der Waals surface area contributed by atoms with Crippen LogP contribution in [0.25, 0.3) is 0 Å². The minimum atomic E-state index is 0.453. The van der Waals surface area contributed by atoms with Gasteiger partial charge in [0.2, 0.25) is 0 Å². The highest BCUT2D eigenvalue weighted by Gasteiger charge is 2.23. The van der Waals surface area contributed by atoms with Crippen molar-refractivity contribution in [3.05, 3.63) is 72.1 Å². The third kappa shape index (κ3) is 3.62. The van der Waals surface area contributed by atoms with E-state index in [2.05, 4.69) is 37.9 Å². The van der Waals surface area contributed by atoms with Crippen molar-refractivity contribution in [2.45, 2.75) is 26.2 Å². The summed E-state index contributed by atoms with van der Waals surface area (Å²) in [4.78, 5) is 6.93. The van der Waals surface area contributed by atoms with Crippen LogP contribution in [-0.2, 0) is 26.2 Å². The largest absolute Gasteiger partial charge is 0.333 e. The number of nitrogens with zero attached hydrogens (tertiary/aromatic N) is 6. The van der Waals surface area contributed by atoms with Crippen LogP contribution in [0.5, 0.6) is 0 Å². The molecular weight excluding hydrogens is 312 g/mol. The Morgan fingerprint density at radius 2 is 2.12 bits per heavy atom. The molecule has 0 spiro atoms. The van der Waals surface area contributed by atoms with Crippen LogP contribution in [0.15, 0.2) is 55.1 Å². The van der Waals surface area contributed by atoms with Crippen LogP contribution >= 0.6 is 0 Å². The van der Waals surface area contributed by atoms with E-state index in [9.17, 15) is 0 Å². The summed E-state index contributed by atoms with van der Waals surface area (Å²) in [5.41, 5.74) is 1.87. The second-order valence-corrected chi connectivity index (χ2v) is 6.57. The fraction of sp³-hybridized carbons (Fsp3) is 0.316. The predicted octanol–water partition coefficient (Wildman–Crippen LogP) is 2.28. The summed E-state index contributed by atoms with van der Waals surface area (Å²) >= 11 is 0. The highest BCUT2D eigenvalue weighted by Crippen LogP contribution is 2.19. The molecule has 0 bridgehead atoms. The first-order chi connectivity index (χ1) is 12.3. The molecule has 6 heteroatoms. The normalized spacial score (nSPS) is 17.6. The average Bonchev–Trinajstić information content (AvgIpc) is 3.25. The maximum atomic E-state index is 9.11. The quantitative estimate of drug-likeness (QED) is 0.735. The van der Waals surface area contributed by atoms with Gasteiger partial charge in [-0.3, -0.25) is 9.58 Å². The lowest BCUT2D eigenvalue weighted by atomic mass is 10.1. The molecule has 3 aromatic rings. The molecule has 126 valence electrons. The van der Waals surface area contributed by atoms with Crippen LogP contribution in [0.2, 0.25) is 0 Å². The first-order valence-corrected chi connectivity index (χ1v) is 8.49. The van der Waals surface area contributed by atoms with Crippen molar-refractivity contribution in [2.24, 2.45) is 5.92 Å². The van der Waals surface area contributed by atoms with Gasteiger partial charge in [-0.1, -0.05) is 12.1 Å². The van der Waals surface area contributed by atoms with Crippen molar-refractivity contribution in [1.29, 1.82) is 5.26 Å². The van der Waals surface area contributed by atoms with Crippen LogP contribution < -0.4 is 0 Å². The standard InChI is InChI=1S/C19H20N6/c20-10-16-3-1-4-17(9-16)11-23-12-18(14-25-7-2-5-22-25)13-24-8-6-21-19(24)15-23/h1-9,18H,11-15H2/t18-/m0/s1. The van der Waals surface area contributed by atoms with E-state index in [1.54, 1.807) is 0 Å². The molecule has 0 saturated heterocycles. The van der Waals surface area contributed by atoms with E-state index in [0.717, 1.165) is 44.1 Å². The van der Waals surface area contributed by atoms with Crippen LogP contribution in [-0.4, -0.2) is 30.8 Å². The zero-order valence-corrected chi connectivity index (χ0v) is 14.0. The fourth-order valence-corrected chi connectivity index (χ4v) is 3.53. The number of fused-ring (bicyclic) bond motifs is 1. The third-order valence-electron chi connectivity index (χ3n) is 4.60. The summed E-state index contributed by atoms with van der Waals surface area (Å²) < 4.78 is 4.25. The topological polar surface area (TPSA) is 62.7 Å². The Hall–Kier alpha value is -2.91. The maximum Gasteiger partial charge on any atom is 0.122 e. The average molecular weight is 332 g/mol. The van der Waals surface area contributed by atoms with Gasteiger partial charge in [-0.05, 0) is 23.8 Å². The summed E-state index contributed by atoms with van der Waals surface area (Å²) in [5.74, 6) is 1.55. The Morgan fingerprint density at radius 3 is 2.96 bits per heavy atom. The highest BCUT2D eigenvalue weighted by molar-refractivity contribution is 5.32. The van der Waals surface area contributed by atoms with Crippen molar-refractivity contribution < 1.29 is 0 Å². The van der Waals surface area contributed by atoms with E-state index in [-0.39, 0.29) is 0 Å². The van der Waals surface area contributed by atoms with Crippen LogP contribution in [0.1, 0.15) is 17.0 Å². The molecule has 0 N–H and O–H groups in total. The molecule has 3 heterocycles. The summed E-state index contributed by atoms with van der Waals surface area (Å²) in [6.45, 7) is 4.45. The molecule has 0 aliphatic carbocycles.